The molecule has 0 fully saturated rings. The largest absolute Gasteiger partial charge is 0.458 e. The lowest BCUT2D eigenvalue weighted by molar-refractivity contribution is -0.146. The number of hydrogen-bond donors (Lipinski definition) is 0. The predicted octanol–water partition coefficient (Wildman–Crippen LogP) is 6.00. The molecular formula is C32H30O8. The molecule has 0 bridgehead atoms. The van der Waals surface area contributed by atoms with E-state index in [-0.39, 0.29) is 22.6 Å². The summed E-state index contributed by atoms with van der Waals surface area (Å²) in [5, 5.41) is 0. The van der Waals surface area contributed by atoms with Crippen molar-refractivity contribution >= 4 is 23.9 Å². The van der Waals surface area contributed by atoms with Crippen molar-refractivity contribution in [2.75, 3.05) is 0 Å². The molecule has 0 aromatic heterocycles. The standard InChI is InChI=1S/C32H30O8/c1-7-28(33)38-25-16-18-27(19-17-25)40-31(36)23-10-8-22(9-11-23)30(35)39-26-14-12-24(13-15-26)32(5,6)21(4)37-29(34)20(2)3/h7-19,21H,1-2H2,3-6H3. The Kier molecular flexibility index (Phi) is 9.40. The Bertz CT molecular complexity index is 1420. The smallest absolute Gasteiger partial charge is 0.343 e. The highest BCUT2D eigenvalue weighted by Crippen LogP contribution is 2.31. The minimum Gasteiger partial charge on any atom is -0.458 e. The summed E-state index contributed by atoms with van der Waals surface area (Å²) in [5.74, 6) is -1.41. The molecule has 3 aromatic carbocycles. The normalized spacial score (nSPS) is 11.5. The van der Waals surface area contributed by atoms with Crippen LogP contribution in [0.1, 0.15) is 54.0 Å². The number of ether oxygens (including phenoxy) is 4. The summed E-state index contributed by atoms with van der Waals surface area (Å²) in [5.41, 5.74) is 1.19. The van der Waals surface area contributed by atoms with Crippen LogP contribution in [0.4, 0.5) is 0 Å². The molecular weight excluding hydrogens is 512 g/mol. The van der Waals surface area contributed by atoms with Crippen LogP contribution in [0, 0.1) is 0 Å². The molecule has 0 N–H and O–H groups in total. The molecule has 0 saturated heterocycles. The molecule has 206 valence electrons. The molecule has 0 saturated carbocycles. The van der Waals surface area contributed by atoms with E-state index >= 15 is 0 Å². The second-order valence-corrected chi connectivity index (χ2v) is 9.53. The first-order chi connectivity index (χ1) is 18.9. The minimum absolute atomic E-state index is 0.228. The molecule has 0 aliphatic carbocycles. The molecule has 1 unspecified atom stereocenters. The zero-order valence-corrected chi connectivity index (χ0v) is 22.8. The lowest BCUT2D eigenvalue weighted by atomic mass is 9.80. The van der Waals surface area contributed by atoms with Crippen LogP contribution in [0.3, 0.4) is 0 Å². The van der Waals surface area contributed by atoms with E-state index in [4.69, 9.17) is 18.9 Å². The maximum Gasteiger partial charge on any atom is 0.343 e. The maximum absolute atomic E-state index is 12.6. The van der Waals surface area contributed by atoms with Crippen LogP contribution in [0.2, 0.25) is 0 Å². The van der Waals surface area contributed by atoms with Gasteiger partial charge in [0, 0.05) is 17.1 Å². The summed E-state index contributed by atoms with van der Waals surface area (Å²) < 4.78 is 21.3. The quantitative estimate of drug-likeness (QED) is 0.174. The van der Waals surface area contributed by atoms with E-state index < -0.39 is 35.4 Å². The van der Waals surface area contributed by atoms with Crippen molar-refractivity contribution in [1.82, 2.24) is 0 Å². The zero-order chi connectivity index (χ0) is 29.4. The monoisotopic (exact) mass is 542 g/mol. The van der Waals surface area contributed by atoms with Gasteiger partial charge in [-0.1, -0.05) is 39.1 Å². The number of carbonyl (C=O) groups excluding carboxylic acids is 4. The van der Waals surface area contributed by atoms with E-state index in [0.717, 1.165) is 11.6 Å². The summed E-state index contributed by atoms with van der Waals surface area (Å²) in [7, 11) is 0. The van der Waals surface area contributed by atoms with Crippen molar-refractivity contribution in [3.05, 3.63) is 114 Å². The van der Waals surface area contributed by atoms with Crippen LogP contribution < -0.4 is 14.2 Å². The van der Waals surface area contributed by atoms with Gasteiger partial charge < -0.3 is 18.9 Å². The van der Waals surface area contributed by atoms with Crippen LogP contribution in [0.5, 0.6) is 17.2 Å². The molecule has 0 aliphatic heterocycles. The maximum atomic E-state index is 12.6. The molecule has 0 aliphatic rings. The van der Waals surface area contributed by atoms with Gasteiger partial charge in [0.1, 0.15) is 23.4 Å². The summed E-state index contributed by atoms with van der Waals surface area (Å²) in [6.45, 7) is 14.2. The lowest BCUT2D eigenvalue weighted by Crippen LogP contribution is -2.35. The Morgan fingerprint density at radius 1 is 0.725 bits per heavy atom. The van der Waals surface area contributed by atoms with Crippen molar-refractivity contribution in [3.8, 4) is 17.2 Å². The Balaban J connectivity index is 1.59. The second kappa shape index (κ2) is 12.7. The molecule has 0 amide bonds. The number of carbonyl (C=O) groups is 4. The summed E-state index contributed by atoms with van der Waals surface area (Å²) >= 11 is 0. The SMILES string of the molecule is C=CC(=O)Oc1ccc(OC(=O)c2ccc(C(=O)Oc3ccc(C(C)(C)C(C)OC(=O)C(=C)C)cc3)cc2)cc1. The van der Waals surface area contributed by atoms with Gasteiger partial charge in [-0.05, 0) is 80.1 Å². The molecule has 0 radical (unpaired) electrons. The average Bonchev–Trinajstić information content (AvgIpc) is 2.94. The van der Waals surface area contributed by atoms with Crippen LogP contribution in [-0.4, -0.2) is 30.0 Å². The molecule has 8 nitrogen and oxygen atoms in total. The number of esters is 4. The van der Waals surface area contributed by atoms with Gasteiger partial charge in [0.15, 0.2) is 0 Å². The molecule has 8 heteroatoms. The second-order valence-electron chi connectivity index (χ2n) is 9.53. The van der Waals surface area contributed by atoms with Crippen LogP contribution in [0.25, 0.3) is 0 Å². The van der Waals surface area contributed by atoms with E-state index in [2.05, 4.69) is 13.2 Å². The Labute approximate surface area is 232 Å². The van der Waals surface area contributed by atoms with Crippen molar-refractivity contribution < 1.29 is 38.1 Å². The molecule has 0 heterocycles. The highest BCUT2D eigenvalue weighted by molar-refractivity contribution is 5.95. The highest BCUT2D eigenvalue weighted by Gasteiger charge is 2.31. The third-order valence-corrected chi connectivity index (χ3v) is 6.23. The van der Waals surface area contributed by atoms with Gasteiger partial charge in [-0.2, -0.15) is 0 Å². The summed E-state index contributed by atoms with van der Waals surface area (Å²) in [6, 6.07) is 18.7. The zero-order valence-electron chi connectivity index (χ0n) is 22.8. The summed E-state index contributed by atoms with van der Waals surface area (Å²) in [4.78, 5) is 48.3. The van der Waals surface area contributed by atoms with Crippen molar-refractivity contribution in [2.45, 2.75) is 39.2 Å². The highest BCUT2D eigenvalue weighted by atomic mass is 16.6. The molecule has 1 atom stereocenters. The fraction of sp³-hybridized carbons (Fsp3) is 0.188. The van der Waals surface area contributed by atoms with Gasteiger partial charge in [-0.25, -0.2) is 19.2 Å². The molecule has 0 spiro atoms. The number of hydrogen-bond acceptors (Lipinski definition) is 8. The van der Waals surface area contributed by atoms with E-state index in [0.29, 0.717) is 11.3 Å². The predicted molar refractivity (Wildman–Crippen MR) is 148 cm³/mol. The third kappa shape index (κ3) is 7.54. The number of benzene rings is 3. The first-order valence-electron chi connectivity index (χ1n) is 12.4. The van der Waals surface area contributed by atoms with E-state index in [1.165, 1.54) is 48.5 Å². The molecule has 3 rings (SSSR count). The topological polar surface area (TPSA) is 105 Å². The van der Waals surface area contributed by atoms with Gasteiger partial charge in [0.05, 0.1) is 11.1 Å². The van der Waals surface area contributed by atoms with Gasteiger partial charge in [0.25, 0.3) is 0 Å². The van der Waals surface area contributed by atoms with Crippen LogP contribution >= 0.6 is 0 Å². The first kappa shape index (κ1) is 29.6. The van der Waals surface area contributed by atoms with Crippen LogP contribution in [-0.2, 0) is 19.7 Å². The van der Waals surface area contributed by atoms with Gasteiger partial charge >= 0.3 is 23.9 Å². The van der Waals surface area contributed by atoms with Crippen molar-refractivity contribution in [2.24, 2.45) is 0 Å². The Hall–Kier alpha value is -4.98. The van der Waals surface area contributed by atoms with Crippen molar-refractivity contribution in [3.63, 3.8) is 0 Å². The van der Waals surface area contributed by atoms with Gasteiger partial charge in [-0.15, -0.1) is 0 Å². The Morgan fingerprint density at radius 2 is 1.12 bits per heavy atom. The fourth-order valence-electron chi connectivity index (χ4n) is 3.40. The molecule has 3 aromatic rings. The third-order valence-electron chi connectivity index (χ3n) is 6.23. The fourth-order valence-corrected chi connectivity index (χ4v) is 3.40. The molecule has 40 heavy (non-hydrogen) atoms. The lowest BCUT2D eigenvalue weighted by Gasteiger charge is -2.32. The van der Waals surface area contributed by atoms with Gasteiger partial charge in [-0.3, -0.25) is 0 Å². The van der Waals surface area contributed by atoms with Gasteiger partial charge in [0.2, 0.25) is 0 Å². The van der Waals surface area contributed by atoms with E-state index in [9.17, 15) is 19.2 Å². The first-order valence-corrected chi connectivity index (χ1v) is 12.4. The van der Waals surface area contributed by atoms with Crippen molar-refractivity contribution in [1.29, 1.82) is 0 Å². The van der Waals surface area contributed by atoms with Crippen LogP contribution in [0.15, 0.2) is 97.6 Å². The average molecular weight is 543 g/mol. The minimum atomic E-state index is -0.628. The Morgan fingerprint density at radius 3 is 1.52 bits per heavy atom. The summed E-state index contributed by atoms with van der Waals surface area (Å²) in [6.07, 6.45) is 0.621. The van der Waals surface area contributed by atoms with E-state index in [1.54, 1.807) is 19.1 Å². The van der Waals surface area contributed by atoms with E-state index in [1.807, 2.05) is 32.9 Å². The number of rotatable bonds is 10.